The largest absolute Gasteiger partial charge is 0.478 e. The zero-order valence-electron chi connectivity index (χ0n) is 18.2. The van der Waals surface area contributed by atoms with Gasteiger partial charge in [-0.25, -0.2) is 14.6 Å². The van der Waals surface area contributed by atoms with Gasteiger partial charge in [-0.2, -0.15) is 0 Å². The Bertz CT molecular complexity index is 1470. The number of halogens is 1. The third-order valence-electron chi connectivity index (χ3n) is 5.20. The molecule has 0 amide bonds. The van der Waals surface area contributed by atoms with E-state index in [-0.39, 0.29) is 17.7 Å². The second kappa shape index (κ2) is 9.66. The van der Waals surface area contributed by atoms with E-state index in [0.29, 0.717) is 36.9 Å². The summed E-state index contributed by atoms with van der Waals surface area (Å²) in [6.07, 6.45) is 1.54. The number of benzene rings is 2. The van der Waals surface area contributed by atoms with Gasteiger partial charge in [0, 0.05) is 16.9 Å². The molecule has 0 saturated carbocycles. The van der Waals surface area contributed by atoms with E-state index in [9.17, 15) is 14.4 Å². The number of carboxylic acid groups (broad SMARTS) is 1. The molecule has 2 heterocycles. The molecular formula is C24H20ClN3O5S. The summed E-state index contributed by atoms with van der Waals surface area (Å²) < 4.78 is 7.12. The second-order valence-electron chi connectivity index (χ2n) is 7.38. The molecule has 10 heteroatoms. The highest BCUT2D eigenvalue weighted by atomic mass is 35.5. The van der Waals surface area contributed by atoms with Gasteiger partial charge in [-0.1, -0.05) is 35.1 Å². The molecule has 0 radical (unpaired) electrons. The van der Waals surface area contributed by atoms with Crippen LogP contribution in [-0.4, -0.2) is 28.2 Å². The van der Waals surface area contributed by atoms with Crippen LogP contribution in [0.4, 0.5) is 5.69 Å². The molecule has 0 fully saturated rings. The summed E-state index contributed by atoms with van der Waals surface area (Å²) in [5.41, 5.74) is 1.92. The first-order valence-electron chi connectivity index (χ1n) is 10.3. The van der Waals surface area contributed by atoms with E-state index in [1.165, 1.54) is 28.0 Å². The molecule has 4 rings (SSSR count). The van der Waals surface area contributed by atoms with Crippen LogP contribution in [0.5, 0.6) is 0 Å². The second-order valence-corrected chi connectivity index (χ2v) is 8.83. The van der Waals surface area contributed by atoms with Crippen molar-refractivity contribution in [2.75, 3.05) is 11.9 Å². The van der Waals surface area contributed by atoms with Gasteiger partial charge < -0.3 is 15.2 Å². The third-order valence-corrected chi connectivity index (χ3v) is 6.44. The molecule has 0 bridgehead atoms. The fraction of sp³-hybridized carbons (Fsp3) is 0.167. The van der Waals surface area contributed by atoms with Crippen molar-refractivity contribution >= 4 is 46.8 Å². The molecule has 174 valence electrons. The van der Waals surface area contributed by atoms with Crippen LogP contribution in [0.15, 0.2) is 69.6 Å². The van der Waals surface area contributed by atoms with Gasteiger partial charge in [0.2, 0.25) is 0 Å². The van der Waals surface area contributed by atoms with E-state index in [1.54, 1.807) is 56.4 Å². The summed E-state index contributed by atoms with van der Waals surface area (Å²) >= 11 is 7.24. The number of hydrogen-bond donors (Lipinski definition) is 2. The zero-order chi connectivity index (χ0) is 24.4. The lowest BCUT2D eigenvalue weighted by atomic mass is 9.96. The zero-order valence-corrected chi connectivity index (χ0v) is 19.8. The van der Waals surface area contributed by atoms with Gasteiger partial charge in [0.15, 0.2) is 4.80 Å². The number of nitrogens with zero attached hydrogens (tertiary/aromatic N) is 2. The summed E-state index contributed by atoms with van der Waals surface area (Å²) in [4.78, 5) is 42.3. The quantitative estimate of drug-likeness (QED) is 0.506. The predicted octanol–water partition coefficient (Wildman–Crippen LogP) is 3.17. The number of nitrogens with one attached hydrogen (secondary N) is 1. The maximum absolute atomic E-state index is 13.4. The summed E-state index contributed by atoms with van der Waals surface area (Å²) in [5, 5.41) is 12.6. The van der Waals surface area contributed by atoms with Crippen LogP contribution in [0.2, 0.25) is 5.02 Å². The minimum absolute atomic E-state index is 0.162. The number of fused-ring (bicyclic) bond motifs is 1. The molecule has 1 atom stereocenters. The molecule has 34 heavy (non-hydrogen) atoms. The van der Waals surface area contributed by atoms with Crippen molar-refractivity contribution in [3.05, 3.63) is 95.6 Å². The van der Waals surface area contributed by atoms with Crippen LogP contribution >= 0.6 is 22.9 Å². The first kappa shape index (κ1) is 23.5. The number of thiazole rings is 1. The Balaban J connectivity index is 1.81. The number of rotatable bonds is 6. The first-order chi connectivity index (χ1) is 16.3. The fourth-order valence-electron chi connectivity index (χ4n) is 3.61. The Labute approximate surface area is 203 Å². The maximum Gasteiger partial charge on any atom is 0.338 e. The molecule has 0 aliphatic carbocycles. The number of ether oxygens (including phenoxy) is 1. The summed E-state index contributed by atoms with van der Waals surface area (Å²) in [5.74, 6) is -1.55. The Morgan fingerprint density at radius 1 is 1.21 bits per heavy atom. The Kier molecular flexibility index (Phi) is 6.67. The molecule has 1 aliphatic rings. The number of carbonyl (C=O) groups excluding carboxylic acids is 1. The topological polar surface area (TPSA) is 110 Å². The van der Waals surface area contributed by atoms with Crippen LogP contribution in [0, 0.1) is 0 Å². The Hall–Kier alpha value is -3.69. The van der Waals surface area contributed by atoms with E-state index >= 15 is 0 Å². The summed E-state index contributed by atoms with van der Waals surface area (Å²) in [7, 11) is 0. The average Bonchev–Trinajstić information content (AvgIpc) is 3.12. The molecule has 0 saturated heterocycles. The standard InChI is InChI=1S/C24H20ClN3O5S/c1-3-33-23(32)19-13(2)27-24-28(20(19)14-4-8-16(25)9-5-14)21(29)18(34-24)12-26-17-10-6-15(7-11-17)22(30)31/h4-12,20,26H,3H2,1-2H3,(H,30,31)/b18-12+/t20-/m0/s1. The van der Waals surface area contributed by atoms with Crippen molar-refractivity contribution < 1.29 is 19.4 Å². The predicted molar refractivity (Wildman–Crippen MR) is 130 cm³/mol. The number of anilines is 1. The van der Waals surface area contributed by atoms with Gasteiger partial charge in [-0.15, -0.1) is 0 Å². The van der Waals surface area contributed by atoms with Gasteiger partial charge in [0.1, 0.15) is 4.53 Å². The number of esters is 1. The number of aromatic nitrogens is 1. The van der Waals surface area contributed by atoms with E-state index < -0.39 is 18.0 Å². The highest BCUT2D eigenvalue weighted by Crippen LogP contribution is 2.31. The van der Waals surface area contributed by atoms with Gasteiger partial charge in [0.25, 0.3) is 5.56 Å². The monoisotopic (exact) mass is 497 g/mol. The molecule has 1 aliphatic heterocycles. The number of carboxylic acids is 1. The highest BCUT2D eigenvalue weighted by molar-refractivity contribution is 7.07. The Morgan fingerprint density at radius 3 is 2.50 bits per heavy atom. The molecule has 3 aromatic rings. The third kappa shape index (κ3) is 4.52. The van der Waals surface area contributed by atoms with Crippen molar-refractivity contribution in [2.24, 2.45) is 4.99 Å². The van der Waals surface area contributed by atoms with Crippen molar-refractivity contribution in [2.45, 2.75) is 19.9 Å². The first-order valence-corrected chi connectivity index (χ1v) is 11.5. The lowest BCUT2D eigenvalue weighted by molar-refractivity contribution is -0.139. The van der Waals surface area contributed by atoms with Crippen LogP contribution < -0.4 is 20.2 Å². The molecule has 2 N–H and O–H groups in total. The van der Waals surface area contributed by atoms with Crippen LogP contribution in [0.3, 0.4) is 0 Å². The smallest absolute Gasteiger partial charge is 0.338 e. The number of carbonyl (C=O) groups is 2. The van der Waals surface area contributed by atoms with Gasteiger partial charge in [-0.3, -0.25) is 9.36 Å². The average molecular weight is 498 g/mol. The van der Waals surface area contributed by atoms with Crippen molar-refractivity contribution in [1.82, 2.24) is 4.57 Å². The van der Waals surface area contributed by atoms with Crippen molar-refractivity contribution in [3.8, 4) is 0 Å². The molecular weight excluding hydrogens is 478 g/mol. The molecule has 0 unspecified atom stereocenters. The van der Waals surface area contributed by atoms with Crippen molar-refractivity contribution in [3.63, 3.8) is 0 Å². The molecule has 2 aromatic carbocycles. The SMILES string of the molecule is CCOC(=O)C1=C(C)N=c2s/c(=C/Nc3ccc(C(=O)O)cc3)c(=O)n2[C@H]1c1ccc(Cl)cc1. The lowest BCUT2D eigenvalue weighted by Crippen LogP contribution is -2.40. The molecule has 8 nitrogen and oxygen atoms in total. The van der Waals surface area contributed by atoms with Crippen LogP contribution in [0.1, 0.15) is 35.8 Å². The normalized spacial score (nSPS) is 15.5. The van der Waals surface area contributed by atoms with Gasteiger partial charge >= 0.3 is 11.9 Å². The van der Waals surface area contributed by atoms with Crippen LogP contribution in [-0.2, 0) is 9.53 Å². The summed E-state index contributed by atoms with van der Waals surface area (Å²) in [6, 6.07) is 12.4. The fourth-order valence-corrected chi connectivity index (χ4v) is 4.71. The van der Waals surface area contributed by atoms with Gasteiger partial charge in [-0.05, 0) is 55.8 Å². The van der Waals surface area contributed by atoms with E-state index in [2.05, 4.69) is 10.3 Å². The van der Waals surface area contributed by atoms with Gasteiger partial charge in [0.05, 0.1) is 29.5 Å². The van der Waals surface area contributed by atoms with E-state index in [1.807, 2.05) is 0 Å². The molecule has 0 spiro atoms. The minimum atomic E-state index is -1.02. The minimum Gasteiger partial charge on any atom is -0.478 e. The number of hydrogen-bond acceptors (Lipinski definition) is 7. The highest BCUT2D eigenvalue weighted by Gasteiger charge is 2.33. The maximum atomic E-state index is 13.4. The van der Waals surface area contributed by atoms with E-state index in [0.717, 1.165) is 0 Å². The van der Waals surface area contributed by atoms with E-state index in [4.69, 9.17) is 21.4 Å². The van der Waals surface area contributed by atoms with Crippen molar-refractivity contribution in [1.29, 1.82) is 0 Å². The summed E-state index contributed by atoms with van der Waals surface area (Å²) in [6.45, 7) is 3.63. The molecule has 1 aromatic heterocycles. The lowest BCUT2D eigenvalue weighted by Gasteiger charge is -2.24. The number of aromatic carboxylic acids is 1. The van der Waals surface area contributed by atoms with Crippen LogP contribution in [0.25, 0.3) is 6.20 Å². The number of allylic oxidation sites excluding steroid dienone is 1. The Morgan fingerprint density at radius 2 is 1.88 bits per heavy atom.